The Morgan fingerprint density at radius 1 is 1.20 bits per heavy atom. The molecule has 0 unspecified atom stereocenters. The van der Waals surface area contributed by atoms with Gasteiger partial charge in [0.1, 0.15) is 4.90 Å². The summed E-state index contributed by atoms with van der Waals surface area (Å²) in [5.74, 6) is 0. The quantitative estimate of drug-likeness (QED) is 0.778. The first-order valence-electron chi connectivity index (χ1n) is 5.81. The predicted octanol–water partition coefficient (Wildman–Crippen LogP) is 2.94. The van der Waals surface area contributed by atoms with Gasteiger partial charge in [0.05, 0.1) is 11.9 Å². The first kappa shape index (κ1) is 12.9. The fourth-order valence-corrected chi connectivity index (χ4v) is 3.35. The minimum Gasteiger partial charge on any atom is -0.360 e. The van der Waals surface area contributed by atoms with Crippen LogP contribution in [0.4, 0.5) is 5.69 Å². The summed E-state index contributed by atoms with van der Waals surface area (Å²) < 4.78 is 30.7. The molecule has 20 heavy (non-hydrogen) atoms. The van der Waals surface area contributed by atoms with Gasteiger partial charge in [0.25, 0.3) is 10.0 Å². The van der Waals surface area contributed by atoms with Crippen molar-refractivity contribution in [2.45, 2.75) is 4.90 Å². The van der Waals surface area contributed by atoms with Crippen LogP contribution in [0.15, 0.2) is 59.1 Å². The lowest BCUT2D eigenvalue weighted by Crippen LogP contribution is -2.11. The van der Waals surface area contributed by atoms with Crippen molar-refractivity contribution in [1.82, 2.24) is 9.36 Å². The van der Waals surface area contributed by atoms with Crippen LogP contribution in [-0.4, -0.2) is 17.8 Å². The molecule has 2 N–H and O–H groups in total. The van der Waals surface area contributed by atoms with Gasteiger partial charge in [-0.2, -0.15) is 4.37 Å². The Labute approximate surface area is 120 Å². The standard InChI is InChI=1S/C13H11N3O2S2/c17-20(18,16-11-7-15-19-9-11)12-6-13(14-8-12)10-4-2-1-3-5-10/h1-9,14,16H. The average molecular weight is 305 g/mol. The van der Waals surface area contributed by atoms with Crippen molar-refractivity contribution in [3.8, 4) is 11.3 Å². The second-order valence-electron chi connectivity index (χ2n) is 4.13. The second kappa shape index (κ2) is 5.10. The summed E-state index contributed by atoms with van der Waals surface area (Å²) in [6.45, 7) is 0. The molecule has 0 saturated heterocycles. The molecule has 0 radical (unpaired) electrons. The highest BCUT2D eigenvalue weighted by atomic mass is 32.2. The van der Waals surface area contributed by atoms with Crippen LogP contribution >= 0.6 is 11.5 Å². The zero-order chi connectivity index (χ0) is 14.0. The molecule has 0 spiro atoms. The predicted molar refractivity (Wildman–Crippen MR) is 79.2 cm³/mol. The third kappa shape index (κ3) is 2.59. The third-order valence-electron chi connectivity index (χ3n) is 2.74. The van der Waals surface area contributed by atoms with Crippen LogP contribution in [0.2, 0.25) is 0 Å². The molecule has 3 aromatic rings. The summed E-state index contributed by atoms with van der Waals surface area (Å²) in [5, 5.41) is 1.64. The second-order valence-corrected chi connectivity index (χ2v) is 6.47. The molecule has 2 aromatic heterocycles. The van der Waals surface area contributed by atoms with Crippen molar-refractivity contribution in [3.63, 3.8) is 0 Å². The Bertz CT molecular complexity index is 793. The number of sulfonamides is 1. The smallest absolute Gasteiger partial charge is 0.263 e. The number of nitrogens with one attached hydrogen (secondary N) is 2. The van der Waals surface area contributed by atoms with Crippen molar-refractivity contribution in [2.75, 3.05) is 4.72 Å². The molecule has 0 saturated carbocycles. The van der Waals surface area contributed by atoms with Crippen LogP contribution in [0.1, 0.15) is 0 Å². The maximum Gasteiger partial charge on any atom is 0.263 e. The van der Waals surface area contributed by atoms with Gasteiger partial charge in [-0.05, 0) is 23.2 Å². The lowest BCUT2D eigenvalue weighted by atomic mass is 10.2. The van der Waals surface area contributed by atoms with Gasteiger partial charge in [0, 0.05) is 17.3 Å². The Kier molecular flexibility index (Phi) is 3.29. The minimum atomic E-state index is -3.58. The number of nitrogens with zero attached hydrogens (tertiary/aromatic N) is 1. The van der Waals surface area contributed by atoms with Gasteiger partial charge in [0.2, 0.25) is 0 Å². The van der Waals surface area contributed by atoms with Crippen LogP contribution in [-0.2, 0) is 10.0 Å². The van der Waals surface area contributed by atoms with Crippen LogP contribution in [0, 0.1) is 0 Å². The minimum absolute atomic E-state index is 0.197. The summed E-state index contributed by atoms with van der Waals surface area (Å²) in [5.41, 5.74) is 2.16. The molecule has 0 fully saturated rings. The fraction of sp³-hybridized carbons (Fsp3) is 0. The van der Waals surface area contributed by atoms with E-state index in [9.17, 15) is 8.42 Å². The van der Waals surface area contributed by atoms with Crippen molar-refractivity contribution in [3.05, 3.63) is 54.2 Å². The van der Waals surface area contributed by atoms with Gasteiger partial charge in [-0.25, -0.2) is 8.42 Å². The molecule has 0 amide bonds. The molecule has 0 aliphatic carbocycles. The number of rotatable bonds is 4. The summed E-state index contributed by atoms with van der Waals surface area (Å²) in [4.78, 5) is 3.17. The number of hydrogen-bond acceptors (Lipinski definition) is 4. The molecule has 0 bridgehead atoms. The van der Waals surface area contributed by atoms with Crippen molar-refractivity contribution in [1.29, 1.82) is 0 Å². The summed E-state index contributed by atoms with van der Waals surface area (Å²) in [7, 11) is -3.58. The van der Waals surface area contributed by atoms with Crippen LogP contribution in [0.25, 0.3) is 11.3 Å². The van der Waals surface area contributed by atoms with Crippen molar-refractivity contribution >= 4 is 27.2 Å². The highest BCUT2D eigenvalue weighted by Gasteiger charge is 2.17. The largest absolute Gasteiger partial charge is 0.360 e. The molecule has 3 rings (SSSR count). The normalized spacial score (nSPS) is 11.4. The van der Waals surface area contributed by atoms with E-state index in [2.05, 4.69) is 14.1 Å². The molecule has 102 valence electrons. The number of H-pyrrole nitrogens is 1. The molecule has 1 aromatic carbocycles. The van der Waals surface area contributed by atoms with E-state index in [1.54, 1.807) is 11.4 Å². The average Bonchev–Trinajstić information content (AvgIpc) is 3.10. The lowest BCUT2D eigenvalue weighted by molar-refractivity contribution is 0.601. The Morgan fingerprint density at radius 2 is 2.00 bits per heavy atom. The molecular weight excluding hydrogens is 294 g/mol. The van der Waals surface area contributed by atoms with Gasteiger partial charge < -0.3 is 4.98 Å². The maximum atomic E-state index is 12.2. The van der Waals surface area contributed by atoms with E-state index in [0.717, 1.165) is 11.3 Å². The lowest BCUT2D eigenvalue weighted by Gasteiger charge is -2.02. The monoisotopic (exact) mass is 305 g/mol. The van der Waals surface area contributed by atoms with Gasteiger partial charge >= 0.3 is 0 Å². The van der Waals surface area contributed by atoms with Crippen LogP contribution < -0.4 is 4.72 Å². The SMILES string of the molecule is O=S(=O)(Nc1cnsc1)c1c[nH]c(-c2ccccc2)c1. The highest BCUT2D eigenvalue weighted by molar-refractivity contribution is 7.92. The zero-order valence-electron chi connectivity index (χ0n) is 10.3. The summed E-state index contributed by atoms with van der Waals surface area (Å²) in [6, 6.07) is 11.2. The first-order chi connectivity index (χ1) is 9.65. The number of aromatic nitrogens is 2. The van der Waals surface area contributed by atoms with Gasteiger partial charge in [-0.1, -0.05) is 30.3 Å². The number of hydrogen-bond donors (Lipinski definition) is 2. The van der Waals surface area contributed by atoms with E-state index < -0.39 is 10.0 Å². The molecule has 5 nitrogen and oxygen atoms in total. The van der Waals surface area contributed by atoms with Crippen molar-refractivity contribution < 1.29 is 8.42 Å². The molecule has 7 heteroatoms. The van der Waals surface area contributed by atoms with E-state index in [4.69, 9.17) is 0 Å². The fourth-order valence-electron chi connectivity index (χ4n) is 1.78. The number of anilines is 1. The van der Waals surface area contributed by atoms with E-state index in [1.807, 2.05) is 30.3 Å². The summed E-state index contributed by atoms with van der Waals surface area (Å²) in [6.07, 6.45) is 2.96. The van der Waals surface area contributed by atoms with Gasteiger partial charge in [-0.15, -0.1) is 0 Å². The maximum absolute atomic E-state index is 12.2. The molecular formula is C13H11N3O2S2. The zero-order valence-corrected chi connectivity index (χ0v) is 11.9. The highest BCUT2D eigenvalue weighted by Crippen LogP contribution is 2.23. The summed E-state index contributed by atoms with van der Waals surface area (Å²) >= 11 is 1.19. The Balaban J connectivity index is 1.90. The van der Waals surface area contributed by atoms with E-state index in [1.165, 1.54) is 23.9 Å². The Morgan fingerprint density at radius 3 is 2.70 bits per heavy atom. The number of aromatic amines is 1. The molecule has 0 aliphatic rings. The molecule has 2 heterocycles. The molecule has 0 atom stereocenters. The topological polar surface area (TPSA) is 74.8 Å². The van der Waals surface area contributed by atoms with E-state index in [-0.39, 0.29) is 4.90 Å². The van der Waals surface area contributed by atoms with Crippen molar-refractivity contribution in [2.24, 2.45) is 0 Å². The van der Waals surface area contributed by atoms with Crippen LogP contribution in [0.5, 0.6) is 0 Å². The third-order valence-corrected chi connectivity index (χ3v) is 4.68. The van der Waals surface area contributed by atoms with Gasteiger partial charge in [-0.3, -0.25) is 4.72 Å². The first-order valence-corrected chi connectivity index (χ1v) is 8.13. The van der Waals surface area contributed by atoms with E-state index in [0.29, 0.717) is 5.69 Å². The number of benzene rings is 1. The van der Waals surface area contributed by atoms with Crippen LogP contribution in [0.3, 0.4) is 0 Å². The Hall–Kier alpha value is -2.12. The van der Waals surface area contributed by atoms with Gasteiger partial charge in [0.15, 0.2) is 0 Å². The van der Waals surface area contributed by atoms with E-state index >= 15 is 0 Å². The molecule has 0 aliphatic heterocycles.